The van der Waals surface area contributed by atoms with E-state index in [9.17, 15) is 19.1 Å². The van der Waals surface area contributed by atoms with Gasteiger partial charge in [0.2, 0.25) is 0 Å². The van der Waals surface area contributed by atoms with Gasteiger partial charge in [0.25, 0.3) is 5.56 Å². The summed E-state index contributed by atoms with van der Waals surface area (Å²) in [4.78, 5) is 32.1. The molecule has 0 aliphatic carbocycles. The number of para-hydroxylation sites is 2. The van der Waals surface area contributed by atoms with Gasteiger partial charge in [-0.05, 0) is 25.1 Å². The fraction of sp³-hybridized carbons (Fsp3) is 0.105. The van der Waals surface area contributed by atoms with Crippen LogP contribution in [0.25, 0.3) is 27.6 Å². The number of hydrogen-bond donors (Lipinski definition) is 2. The maximum atomic E-state index is 14.4. The summed E-state index contributed by atoms with van der Waals surface area (Å²) in [7, 11) is 0. The highest BCUT2D eigenvalue weighted by molar-refractivity contribution is 8.00. The van der Waals surface area contributed by atoms with E-state index in [0.29, 0.717) is 5.52 Å². The van der Waals surface area contributed by atoms with Crippen molar-refractivity contribution in [3.8, 4) is 5.69 Å². The van der Waals surface area contributed by atoms with Crippen LogP contribution >= 0.6 is 11.8 Å². The highest BCUT2D eigenvalue weighted by atomic mass is 32.2. The Labute approximate surface area is 156 Å². The van der Waals surface area contributed by atoms with E-state index in [1.807, 2.05) is 24.3 Å². The molecule has 0 aliphatic rings. The third kappa shape index (κ3) is 2.87. The Morgan fingerprint density at radius 2 is 1.93 bits per heavy atom. The van der Waals surface area contributed by atoms with Crippen LogP contribution in [0, 0.1) is 5.82 Å². The van der Waals surface area contributed by atoms with Crippen LogP contribution in [0.3, 0.4) is 0 Å². The maximum absolute atomic E-state index is 14.4. The molecule has 2 aromatic carbocycles. The molecule has 0 amide bonds. The van der Waals surface area contributed by atoms with Gasteiger partial charge in [-0.1, -0.05) is 42.1 Å². The number of carboxylic acids is 1. The SMILES string of the molecule is CC(Sc1nc2c([nH]c3ccccc32)c(=O)n1-c1ccccc1F)C(=O)O. The van der Waals surface area contributed by atoms with E-state index in [2.05, 4.69) is 9.97 Å². The van der Waals surface area contributed by atoms with E-state index in [4.69, 9.17) is 0 Å². The molecule has 1 atom stereocenters. The number of benzene rings is 2. The normalized spacial score (nSPS) is 12.5. The number of carbonyl (C=O) groups is 1. The van der Waals surface area contributed by atoms with E-state index in [0.717, 1.165) is 27.2 Å². The molecule has 2 heterocycles. The van der Waals surface area contributed by atoms with Gasteiger partial charge < -0.3 is 10.1 Å². The second-order valence-electron chi connectivity index (χ2n) is 5.98. The molecule has 2 N–H and O–H groups in total. The van der Waals surface area contributed by atoms with Crippen molar-refractivity contribution in [3.05, 3.63) is 64.7 Å². The molecule has 0 spiro atoms. The van der Waals surface area contributed by atoms with Crippen molar-refractivity contribution < 1.29 is 14.3 Å². The lowest BCUT2D eigenvalue weighted by Gasteiger charge is -2.14. The number of halogens is 1. The quantitative estimate of drug-likeness (QED) is 0.415. The van der Waals surface area contributed by atoms with Crippen molar-refractivity contribution in [1.29, 1.82) is 0 Å². The van der Waals surface area contributed by atoms with E-state index in [1.165, 1.54) is 25.1 Å². The Hall–Kier alpha value is -3.13. The summed E-state index contributed by atoms with van der Waals surface area (Å²) < 4.78 is 15.5. The second kappa shape index (κ2) is 6.55. The van der Waals surface area contributed by atoms with Crippen LogP contribution in [-0.4, -0.2) is 30.9 Å². The molecule has 4 aromatic rings. The molecular weight excluding hydrogens is 369 g/mol. The average Bonchev–Trinajstić information content (AvgIpc) is 3.02. The molecule has 6 nitrogen and oxygen atoms in total. The molecule has 0 aliphatic heterocycles. The molecule has 27 heavy (non-hydrogen) atoms. The predicted molar refractivity (Wildman–Crippen MR) is 102 cm³/mol. The van der Waals surface area contributed by atoms with Crippen molar-refractivity contribution in [2.45, 2.75) is 17.3 Å². The molecule has 0 fully saturated rings. The largest absolute Gasteiger partial charge is 0.480 e. The van der Waals surface area contributed by atoms with Crippen LogP contribution in [0.2, 0.25) is 0 Å². The van der Waals surface area contributed by atoms with Crippen LogP contribution in [0.5, 0.6) is 0 Å². The van der Waals surface area contributed by atoms with Gasteiger partial charge in [0.1, 0.15) is 22.1 Å². The van der Waals surface area contributed by atoms with E-state index < -0.39 is 22.6 Å². The highest BCUT2D eigenvalue weighted by Gasteiger charge is 2.22. The van der Waals surface area contributed by atoms with Crippen molar-refractivity contribution in [1.82, 2.24) is 14.5 Å². The third-order valence-corrected chi connectivity index (χ3v) is 5.26. The Kier molecular flexibility index (Phi) is 4.19. The number of thioether (sulfide) groups is 1. The number of nitrogens with zero attached hydrogens (tertiary/aromatic N) is 2. The summed E-state index contributed by atoms with van der Waals surface area (Å²) in [5.41, 5.74) is 0.942. The first kappa shape index (κ1) is 17.3. The van der Waals surface area contributed by atoms with Gasteiger partial charge in [0.15, 0.2) is 5.16 Å². The zero-order chi connectivity index (χ0) is 19.1. The molecule has 2 aromatic heterocycles. The van der Waals surface area contributed by atoms with E-state index >= 15 is 0 Å². The van der Waals surface area contributed by atoms with Crippen LogP contribution in [0.4, 0.5) is 4.39 Å². The highest BCUT2D eigenvalue weighted by Crippen LogP contribution is 2.28. The average molecular weight is 383 g/mol. The standard InChI is InChI=1S/C19H14FN3O3S/c1-10(18(25)26)27-19-22-15-11-6-2-4-8-13(11)21-16(15)17(24)23(19)14-9-5-3-7-12(14)20/h2-10,21H,1H3,(H,25,26). The summed E-state index contributed by atoms with van der Waals surface area (Å²) in [6.45, 7) is 1.49. The second-order valence-corrected chi connectivity index (χ2v) is 7.29. The fourth-order valence-electron chi connectivity index (χ4n) is 2.88. The number of fused-ring (bicyclic) bond motifs is 3. The van der Waals surface area contributed by atoms with E-state index in [1.54, 1.807) is 6.07 Å². The van der Waals surface area contributed by atoms with Crippen molar-refractivity contribution in [2.75, 3.05) is 0 Å². The molecular formula is C19H14FN3O3S. The molecule has 4 rings (SSSR count). The lowest BCUT2D eigenvalue weighted by Crippen LogP contribution is -2.24. The summed E-state index contributed by atoms with van der Waals surface area (Å²) in [5.74, 6) is -1.64. The van der Waals surface area contributed by atoms with Crippen LogP contribution in [0.1, 0.15) is 6.92 Å². The van der Waals surface area contributed by atoms with Crippen LogP contribution < -0.4 is 5.56 Å². The number of nitrogens with one attached hydrogen (secondary N) is 1. The molecule has 8 heteroatoms. The number of hydrogen-bond acceptors (Lipinski definition) is 4. The minimum Gasteiger partial charge on any atom is -0.480 e. The van der Waals surface area contributed by atoms with Crippen molar-refractivity contribution >= 4 is 39.7 Å². The summed E-state index contributed by atoms with van der Waals surface area (Å²) >= 11 is 0.895. The molecule has 0 saturated heterocycles. The number of rotatable bonds is 4. The van der Waals surface area contributed by atoms with Gasteiger partial charge >= 0.3 is 5.97 Å². The van der Waals surface area contributed by atoms with Gasteiger partial charge in [-0.15, -0.1) is 0 Å². The van der Waals surface area contributed by atoms with Gasteiger partial charge in [-0.3, -0.25) is 14.2 Å². The van der Waals surface area contributed by atoms with Gasteiger partial charge in [0.05, 0.1) is 5.69 Å². The first-order chi connectivity index (χ1) is 13.0. The Balaban J connectivity index is 2.08. The smallest absolute Gasteiger partial charge is 0.316 e. The number of carboxylic acid groups (broad SMARTS) is 1. The topological polar surface area (TPSA) is 88.0 Å². The lowest BCUT2D eigenvalue weighted by molar-refractivity contribution is -0.136. The van der Waals surface area contributed by atoms with Gasteiger partial charge in [-0.25, -0.2) is 9.37 Å². The first-order valence-electron chi connectivity index (χ1n) is 8.15. The first-order valence-corrected chi connectivity index (χ1v) is 9.03. The van der Waals surface area contributed by atoms with E-state index in [-0.39, 0.29) is 16.4 Å². The zero-order valence-electron chi connectivity index (χ0n) is 14.1. The molecule has 0 saturated carbocycles. The van der Waals surface area contributed by atoms with Crippen LogP contribution in [-0.2, 0) is 4.79 Å². The molecule has 0 bridgehead atoms. The number of H-pyrrole nitrogens is 1. The molecule has 136 valence electrons. The third-order valence-electron chi connectivity index (χ3n) is 4.22. The van der Waals surface area contributed by atoms with Gasteiger partial charge in [0, 0.05) is 10.9 Å². The fourth-order valence-corrected chi connectivity index (χ4v) is 3.72. The monoisotopic (exact) mass is 383 g/mol. The zero-order valence-corrected chi connectivity index (χ0v) is 15.0. The molecule has 0 radical (unpaired) electrons. The number of aromatic amines is 1. The number of aliphatic carboxylic acids is 1. The van der Waals surface area contributed by atoms with Crippen LogP contribution in [0.15, 0.2) is 58.5 Å². The summed E-state index contributed by atoms with van der Waals surface area (Å²) in [6, 6.07) is 13.1. The summed E-state index contributed by atoms with van der Waals surface area (Å²) in [6.07, 6.45) is 0. The predicted octanol–water partition coefficient (Wildman–Crippen LogP) is 3.57. The lowest BCUT2D eigenvalue weighted by atomic mass is 10.2. The maximum Gasteiger partial charge on any atom is 0.316 e. The summed E-state index contributed by atoms with van der Waals surface area (Å²) in [5, 5.41) is 9.26. The Bertz CT molecular complexity index is 1250. The Morgan fingerprint density at radius 3 is 2.67 bits per heavy atom. The van der Waals surface area contributed by atoms with Crippen molar-refractivity contribution in [3.63, 3.8) is 0 Å². The minimum atomic E-state index is -1.05. The Morgan fingerprint density at radius 1 is 1.22 bits per heavy atom. The molecule has 1 unspecified atom stereocenters. The van der Waals surface area contributed by atoms with Gasteiger partial charge in [-0.2, -0.15) is 0 Å². The number of aromatic nitrogens is 3. The van der Waals surface area contributed by atoms with Crippen molar-refractivity contribution in [2.24, 2.45) is 0 Å². The minimum absolute atomic E-state index is 0.0237.